The molecule has 0 aliphatic carbocycles. The molecule has 0 aliphatic heterocycles. The van der Waals surface area contributed by atoms with Gasteiger partial charge in [0, 0.05) is 35.0 Å². The zero-order valence-electron chi connectivity index (χ0n) is 14.5. The molecule has 2 N–H and O–H groups in total. The Morgan fingerprint density at radius 3 is 2.79 bits per heavy atom. The summed E-state index contributed by atoms with van der Waals surface area (Å²) in [6.07, 6.45) is 13.2. The molecule has 0 aliphatic rings. The zero-order valence-corrected chi connectivity index (χ0v) is 15.4. The zero-order chi connectivity index (χ0) is 17.4. The fourth-order valence-electron chi connectivity index (χ4n) is 1.81. The number of anilines is 1. The lowest BCUT2D eigenvalue weighted by molar-refractivity contribution is 0.403. The van der Waals surface area contributed by atoms with Crippen molar-refractivity contribution in [2.75, 3.05) is 18.2 Å². The van der Waals surface area contributed by atoms with Crippen LogP contribution in [-0.4, -0.2) is 22.9 Å². The Morgan fingerprint density at radius 2 is 2.17 bits per heavy atom. The lowest BCUT2D eigenvalue weighted by atomic mass is 9.94. The Labute approximate surface area is 147 Å². The highest BCUT2D eigenvalue weighted by molar-refractivity contribution is 8.02. The highest BCUT2D eigenvalue weighted by atomic mass is 32.2. The predicted octanol–water partition coefficient (Wildman–Crippen LogP) is 4.24. The van der Waals surface area contributed by atoms with Gasteiger partial charge in [0.2, 0.25) is 5.89 Å². The molecule has 24 heavy (non-hydrogen) atoms. The van der Waals surface area contributed by atoms with Gasteiger partial charge in [-0.3, -0.25) is 4.98 Å². The van der Waals surface area contributed by atoms with Crippen molar-refractivity contribution < 1.29 is 4.42 Å². The van der Waals surface area contributed by atoms with Crippen LogP contribution in [0.25, 0.3) is 6.08 Å². The van der Waals surface area contributed by atoms with Gasteiger partial charge >= 0.3 is 0 Å². The topological polar surface area (TPSA) is 63.0 Å². The second-order valence-electron chi connectivity index (χ2n) is 6.20. The van der Waals surface area contributed by atoms with Crippen LogP contribution in [-0.2, 0) is 5.41 Å². The van der Waals surface area contributed by atoms with Crippen LogP contribution in [0, 0.1) is 0 Å². The van der Waals surface area contributed by atoms with Crippen molar-refractivity contribution in [1.82, 2.24) is 15.3 Å². The number of aromatic nitrogens is 2. The van der Waals surface area contributed by atoms with Gasteiger partial charge < -0.3 is 15.1 Å². The molecular formula is C18H24N4OS. The van der Waals surface area contributed by atoms with E-state index in [1.165, 1.54) is 0 Å². The van der Waals surface area contributed by atoms with E-state index in [2.05, 4.69) is 41.4 Å². The van der Waals surface area contributed by atoms with Crippen molar-refractivity contribution in [3.63, 3.8) is 0 Å². The summed E-state index contributed by atoms with van der Waals surface area (Å²) in [5.74, 6) is 1.50. The Hall–Kier alpha value is -2.21. The van der Waals surface area contributed by atoms with Crippen LogP contribution in [0.15, 0.2) is 52.3 Å². The Balaban J connectivity index is 1.87. The molecule has 0 unspecified atom stereocenters. The van der Waals surface area contributed by atoms with Crippen LogP contribution in [0.3, 0.4) is 0 Å². The first kappa shape index (κ1) is 18.1. The maximum atomic E-state index is 5.75. The van der Waals surface area contributed by atoms with Gasteiger partial charge in [-0.05, 0) is 24.5 Å². The van der Waals surface area contributed by atoms with E-state index in [0.717, 1.165) is 16.4 Å². The molecule has 2 heterocycles. The van der Waals surface area contributed by atoms with Crippen LogP contribution < -0.4 is 10.6 Å². The average molecular weight is 344 g/mol. The first-order chi connectivity index (χ1) is 11.5. The third kappa shape index (κ3) is 5.77. The van der Waals surface area contributed by atoms with Gasteiger partial charge in [-0.15, -0.1) is 11.8 Å². The normalized spacial score (nSPS) is 12.6. The number of nitrogens with one attached hydrogen (secondary N) is 2. The van der Waals surface area contributed by atoms with Crippen molar-refractivity contribution in [3.8, 4) is 0 Å². The number of nitrogens with zero attached hydrogens (tertiary/aromatic N) is 2. The molecule has 0 spiro atoms. The Bertz CT molecular complexity index is 687. The molecule has 0 atom stereocenters. The molecule has 2 rings (SSSR count). The molecule has 0 radical (unpaired) electrons. The third-order valence-electron chi connectivity index (χ3n) is 3.19. The first-order valence-electron chi connectivity index (χ1n) is 7.75. The van der Waals surface area contributed by atoms with E-state index in [-0.39, 0.29) is 5.41 Å². The summed E-state index contributed by atoms with van der Waals surface area (Å²) in [7, 11) is 0. The number of thioether (sulfide) groups is 1. The lowest BCUT2D eigenvalue weighted by Crippen LogP contribution is -2.16. The molecule has 0 saturated heterocycles. The maximum absolute atomic E-state index is 5.75. The number of hydrogen-bond donors (Lipinski definition) is 2. The molecule has 0 saturated carbocycles. The van der Waals surface area contributed by atoms with Gasteiger partial charge in [0.05, 0.1) is 18.6 Å². The van der Waals surface area contributed by atoms with Crippen LogP contribution in [0.2, 0.25) is 0 Å². The van der Waals surface area contributed by atoms with Crippen molar-refractivity contribution in [2.24, 2.45) is 0 Å². The van der Waals surface area contributed by atoms with Gasteiger partial charge in [-0.2, -0.15) is 0 Å². The van der Waals surface area contributed by atoms with E-state index in [4.69, 9.17) is 4.42 Å². The van der Waals surface area contributed by atoms with Crippen LogP contribution in [0.4, 0.5) is 5.69 Å². The van der Waals surface area contributed by atoms with Crippen LogP contribution in [0.5, 0.6) is 0 Å². The van der Waals surface area contributed by atoms with Crippen molar-refractivity contribution in [1.29, 1.82) is 0 Å². The molecular weight excluding hydrogens is 320 g/mol. The second kappa shape index (κ2) is 8.59. The molecule has 0 aromatic carbocycles. The molecule has 2 aromatic rings. The van der Waals surface area contributed by atoms with Crippen molar-refractivity contribution in [3.05, 3.63) is 59.6 Å². The van der Waals surface area contributed by atoms with Gasteiger partial charge in [-0.25, -0.2) is 4.98 Å². The summed E-state index contributed by atoms with van der Waals surface area (Å²) < 4.78 is 5.75. The number of rotatable bonds is 7. The summed E-state index contributed by atoms with van der Waals surface area (Å²) in [6, 6.07) is 3.87. The smallest absolute Gasteiger partial charge is 0.218 e. The number of allylic oxidation sites excluding steroid dienone is 1. The maximum Gasteiger partial charge on any atom is 0.218 e. The highest BCUT2D eigenvalue weighted by Crippen LogP contribution is 2.23. The van der Waals surface area contributed by atoms with Gasteiger partial charge in [0.15, 0.2) is 0 Å². The molecule has 0 bridgehead atoms. The lowest BCUT2D eigenvalue weighted by Gasteiger charge is -2.12. The molecule has 5 nitrogen and oxygen atoms in total. The summed E-state index contributed by atoms with van der Waals surface area (Å²) in [5, 5.41) is 6.46. The fourth-order valence-corrected chi connectivity index (χ4v) is 2.22. The van der Waals surface area contributed by atoms with Gasteiger partial charge in [0.1, 0.15) is 5.76 Å². The van der Waals surface area contributed by atoms with E-state index in [9.17, 15) is 0 Å². The third-order valence-corrected chi connectivity index (χ3v) is 3.91. The van der Waals surface area contributed by atoms with E-state index in [1.807, 2.05) is 36.7 Å². The second-order valence-corrected chi connectivity index (χ2v) is 7.08. The number of pyridine rings is 1. The molecule has 6 heteroatoms. The van der Waals surface area contributed by atoms with Crippen LogP contribution >= 0.6 is 11.8 Å². The van der Waals surface area contributed by atoms with Crippen molar-refractivity contribution in [2.45, 2.75) is 26.2 Å². The minimum Gasteiger partial charge on any atom is -0.441 e. The largest absolute Gasteiger partial charge is 0.441 e. The van der Waals surface area contributed by atoms with E-state index < -0.39 is 0 Å². The number of hydrogen-bond acceptors (Lipinski definition) is 6. The van der Waals surface area contributed by atoms with E-state index in [1.54, 1.807) is 30.4 Å². The van der Waals surface area contributed by atoms with Crippen molar-refractivity contribution >= 4 is 23.5 Å². The summed E-state index contributed by atoms with van der Waals surface area (Å²) in [5.41, 5.74) is 0.950. The van der Waals surface area contributed by atoms with E-state index >= 15 is 0 Å². The monoisotopic (exact) mass is 344 g/mol. The van der Waals surface area contributed by atoms with Crippen LogP contribution in [0.1, 0.15) is 32.4 Å². The van der Waals surface area contributed by atoms with Gasteiger partial charge in [0.25, 0.3) is 0 Å². The first-order valence-corrected chi connectivity index (χ1v) is 8.97. The Kier molecular flexibility index (Phi) is 6.49. The fraction of sp³-hybridized carbons (Fsp3) is 0.333. The van der Waals surface area contributed by atoms with E-state index in [0.29, 0.717) is 12.6 Å². The quantitative estimate of drug-likeness (QED) is 0.445. The standard InChI is InChI=1S/C18H24N4OS/c1-18(2,3)16-12-21-17(23-16)8-7-15(24-4)11-20-13-22-14-6-5-9-19-10-14/h5-12,20,22H,13H2,1-4H3/b8-7+,15-11-. The molecule has 0 amide bonds. The number of oxazole rings is 1. The molecule has 128 valence electrons. The summed E-state index contributed by atoms with van der Waals surface area (Å²) >= 11 is 1.65. The highest BCUT2D eigenvalue weighted by Gasteiger charge is 2.18. The SMILES string of the molecule is CSC(=C\NCNc1cccnc1)/C=C/c1ncc(C(C)(C)C)o1. The van der Waals surface area contributed by atoms with Gasteiger partial charge in [-0.1, -0.05) is 20.8 Å². The molecule has 0 fully saturated rings. The minimum atomic E-state index is -0.0310. The summed E-state index contributed by atoms with van der Waals surface area (Å²) in [6.45, 7) is 6.94. The average Bonchev–Trinajstić information content (AvgIpc) is 3.04. The minimum absolute atomic E-state index is 0.0310. The Morgan fingerprint density at radius 1 is 1.33 bits per heavy atom. The summed E-state index contributed by atoms with van der Waals surface area (Å²) in [4.78, 5) is 9.44. The molecule has 2 aromatic heterocycles. The predicted molar refractivity (Wildman–Crippen MR) is 102 cm³/mol.